The molecule has 0 aromatic heterocycles. The normalized spacial score (nSPS) is 13.8. The molecule has 3 rings (SSSR count). The van der Waals surface area contributed by atoms with Gasteiger partial charge in [-0.1, -0.05) is 11.8 Å². The van der Waals surface area contributed by atoms with E-state index in [-0.39, 0.29) is 18.2 Å². The second kappa shape index (κ2) is 11.4. The molecule has 0 spiro atoms. The molecule has 0 radical (unpaired) electrons. The summed E-state index contributed by atoms with van der Waals surface area (Å²) >= 11 is 0. The average Bonchev–Trinajstić information content (AvgIpc) is 3.38. The molecule has 1 fully saturated rings. The summed E-state index contributed by atoms with van der Waals surface area (Å²) in [5, 5.41) is 15.5. The minimum Gasteiger partial charge on any atom is -0.503 e. The Balaban J connectivity index is 1.59. The van der Waals surface area contributed by atoms with E-state index in [0.29, 0.717) is 17.5 Å². The summed E-state index contributed by atoms with van der Waals surface area (Å²) in [6, 6.07) is 14.9. The number of carbonyl (C=O) groups is 2. The Morgan fingerprint density at radius 3 is 2.22 bits per heavy atom. The number of amides is 1. The fourth-order valence-corrected chi connectivity index (χ4v) is 3.23. The molecule has 7 heteroatoms. The number of benzene rings is 2. The molecule has 1 aliphatic heterocycles. The maximum Gasteiger partial charge on any atom is 0.253 e. The Kier molecular flexibility index (Phi) is 8.04. The summed E-state index contributed by atoms with van der Waals surface area (Å²) in [6.07, 6.45) is 3.92. The minimum absolute atomic E-state index is 0.0849. The second-order valence-corrected chi connectivity index (χ2v) is 7.27. The lowest BCUT2D eigenvalue weighted by atomic mass is 10.1. The fourth-order valence-electron chi connectivity index (χ4n) is 3.23. The zero-order valence-corrected chi connectivity index (χ0v) is 18.0. The summed E-state index contributed by atoms with van der Waals surface area (Å²) in [5.41, 5.74) is 3.51. The Bertz CT molecular complexity index is 1060. The third-order valence-electron chi connectivity index (χ3n) is 5.02. The number of allylic oxidation sites excluding steroid dienone is 1. The zero-order chi connectivity index (χ0) is 22.8. The van der Waals surface area contributed by atoms with E-state index in [4.69, 9.17) is 0 Å². The van der Waals surface area contributed by atoms with Gasteiger partial charge in [0.25, 0.3) is 5.91 Å². The van der Waals surface area contributed by atoms with Crippen LogP contribution in [-0.4, -0.2) is 55.2 Å². The first-order valence-electron chi connectivity index (χ1n) is 10.4. The van der Waals surface area contributed by atoms with Crippen molar-refractivity contribution >= 4 is 24.2 Å². The van der Waals surface area contributed by atoms with E-state index in [2.05, 4.69) is 27.5 Å². The molecular weight excluding hydrogens is 404 g/mol. The number of aldehydes is 1. The van der Waals surface area contributed by atoms with Crippen LogP contribution in [0.2, 0.25) is 0 Å². The quantitative estimate of drug-likeness (QED) is 0.157. The molecule has 3 N–H and O–H groups in total. The third-order valence-corrected chi connectivity index (χ3v) is 5.02. The van der Waals surface area contributed by atoms with Gasteiger partial charge in [0.15, 0.2) is 12.0 Å². The summed E-state index contributed by atoms with van der Waals surface area (Å²) in [7, 11) is 1.58. The molecule has 0 saturated carbocycles. The topological polar surface area (TPSA) is 94.0 Å². The first-order valence-corrected chi connectivity index (χ1v) is 10.4. The lowest BCUT2D eigenvalue weighted by molar-refractivity contribution is -0.107. The van der Waals surface area contributed by atoms with E-state index in [9.17, 15) is 14.7 Å². The number of hydrogen-bond acceptors (Lipinski definition) is 5. The fraction of sp³-hybridized carbons (Fsp3) is 0.240. The van der Waals surface area contributed by atoms with Gasteiger partial charge in [0.05, 0.1) is 18.6 Å². The van der Waals surface area contributed by atoms with Crippen molar-refractivity contribution in [2.75, 3.05) is 32.0 Å². The van der Waals surface area contributed by atoms with E-state index in [1.165, 1.54) is 6.34 Å². The molecule has 0 aliphatic carbocycles. The average molecular weight is 431 g/mol. The standard InChI is InChI=1S/C25H26N4O3/c1-26-18-28-23(24(31)17-30)16-27-22-12-8-20(9-13-22)5-4-19-6-10-21(11-7-19)25(32)29-14-2-3-15-29/h6-13,17-18,27,31H,2-3,14-16H2,1H3,(H,26,28)/b24-23+. The van der Waals surface area contributed by atoms with Crippen molar-refractivity contribution in [1.29, 1.82) is 0 Å². The molecule has 0 unspecified atom stereocenters. The summed E-state index contributed by atoms with van der Waals surface area (Å²) in [5.74, 6) is 5.93. The molecule has 1 amide bonds. The van der Waals surface area contributed by atoms with Crippen molar-refractivity contribution in [2.24, 2.45) is 4.99 Å². The summed E-state index contributed by atoms with van der Waals surface area (Å²) in [4.78, 5) is 28.9. The van der Waals surface area contributed by atoms with Gasteiger partial charge in [0.2, 0.25) is 0 Å². The van der Waals surface area contributed by atoms with Gasteiger partial charge in [-0.3, -0.25) is 14.6 Å². The maximum atomic E-state index is 12.4. The summed E-state index contributed by atoms with van der Waals surface area (Å²) in [6.45, 7) is 1.90. The number of nitrogens with one attached hydrogen (secondary N) is 2. The Morgan fingerprint density at radius 1 is 1.06 bits per heavy atom. The molecule has 0 atom stereocenters. The second-order valence-electron chi connectivity index (χ2n) is 7.27. The van der Waals surface area contributed by atoms with Crippen LogP contribution < -0.4 is 10.6 Å². The molecule has 164 valence electrons. The van der Waals surface area contributed by atoms with E-state index >= 15 is 0 Å². The highest BCUT2D eigenvalue weighted by Gasteiger charge is 2.18. The van der Waals surface area contributed by atoms with Crippen molar-refractivity contribution in [3.05, 3.63) is 76.7 Å². The third kappa shape index (κ3) is 6.22. The predicted octanol–water partition coefficient (Wildman–Crippen LogP) is 2.95. The number of anilines is 1. The van der Waals surface area contributed by atoms with Crippen LogP contribution in [0.4, 0.5) is 5.69 Å². The predicted molar refractivity (Wildman–Crippen MR) is 126 cm³/mol. The van der Waals surface area contributed by atoms with Gasteiger partial charge in [-0.15, -0.1) is 0 Å². The molecule has 0 bridgehead atoms. The molecule has 7 nitrogen and oxygen atoms in total. The SMILES string of the molecule is CN=CN/C(CNc1ccc(C#Cc2ccc(C(=O)N3CCCC3)cc2)cc1)=C(/O)C=O. The van der Waals surface area contributed by atoms with Crippen LogP contribution in [0.25, 0.3) is 0 Å². The van der Waals surface area contributed by atoms with Crippen LogP contribution in [0.5, 0.6) is 0 Å². The Morgan fingerprint density at radius 2 is 1.66 bits per heavy atom. The van der Waals surface area contributed by atoms with Crippen LogP contribution in [0.1, 0.15) is 34.3 Å². The van der Waals surface area contributed by atoms with Gasteiger partial charge in [-0.2, -0.15) is 0 Å². The monoisotopic (exact) mass is 430 g/mol. The van der Waals surface area contributed by atoms with Crippen molar-refractivity contribution in [1.82, 2.24) is 10.2 Å². The van der Waals surface area contributed by atoms with Crippen LogP contribution >= 0.6 is 0 Å². The first-order chi connectivity index (χ1) is 15.6. The number of aliphatic hydroxyl groups excluding tert-OH is 1. The van der Waals surface area contributed by atoms with E-state index < -0.39 is 0 Å². The van der Waals surface area contributed by atoms with E-state index in [1.54, 1.807) is 7.05 Å². The van der Waals surface area contributed by atoms with Crippen LogP contribution in [0, 0.1) is 11.8 Å². The van der Waals surface area contributed by atoms with Gasteiger partial charge in [0.1, 0.15) is 0 Å². The van der Waals surface area contributed by atoms with Crippen molar-refractivity contribution in [3.63, 3.8) is 0 Å². The summed E-state index contributed by atoms with van der Waals surface area (Å²) < 4.78 is 0. The number of aliphatic hydroxyl groups is 1. The van der Waals surface area contributed by atoms with Gasteiger partial charge in [-0.25, -0.2) is 0 Å². The van der Waals surface area contributed by atoms with Gasteiger partial charge in [-0.05, 0) is 61.4 Å². The number of rotatable bonds is 7. The van der Waals surface area contributed by atoms with Crippen molar-refractivity contribution in [3.8, 4) is 11.8 Å². The van der Waals surface area contributed by atoms with E-state index in [1.807, 2.05) is 53.4 Å². The Labute approximate surface area is 187 Å². The number of likely N-dealkylation sites (tertiary alicyclic amines) is 1. The number of aliphatic imine (C=N–C) groups is 1. The largest absolute Gasteiger partial charge is 0.503 e. The van der Waals surface area contributed by atoms with E-state index in [0.717, 1.165) is 42.7 Å². The highest BCUT2D eigenvalue weighted by molar-refractivity contribution is 5.94. The number of nitrogens with zero attached hydrogens (tertiary/aromatic N) is 2. The molecule has 1 heterocycles. The lowest BCUT2D eigenvalue weighted by Gasteiger charge is -2.14. The highest BCUT2D eigenvalue weighted by atomic mass is 16.3. The van der Waals surface area contributed by atoms with Gasteiger partial charge >= 0.3 is 0 Å². The molecule has 1 saturated heterocycles. The van der Waals surface area contributed by atoms with Gasteiger partial charge in [0, 0.05) is 42.5 Å². The van der Waals surface area contributed by atoms with Crippen molar-refractivity contribution in [2.45, 2.75) is 12.8 Å². The highest BCUT2D eigenvalue weighted by Crippen LogP contribution is 2.14. The maximum absolute atomic E-state index is 12.4. The van der Waals surface area contributed by atoms with Crippen molar-refractivity contribution < 1.29 is 14.7 Å². The van der Waals surface area contributed by atoms with Crippen LogP contribution in [-0.2, 0) is 4.79 Å². The van der Waals surface area contributed by atoms with Crippen LogP contribution in [0.3, 0.4) is 0 Å². The Hall–Kier alpha value is -4.05. The smallest absolute Gasteiger partial charge is 0.253 e. The van der Waals surface area contributed by atoms with Crippen LogP contribution in [0.15, 0.2) is 65.0 Å². The minimum atomic E-state index is -0.381. The number of hydrogen-bond donors (Lipinski definition) is 3. The molecule has 2 aromatic rings. The molecule has 1 aliphatic rings. The molecular formula is C25H26N4O3. The lowest BCUT2D eigenvalue weighted by Crippen LogP contribution is -2.27. The molecule has 2 aromatic carbocycles. The zero-order valence-electron chi connectivity index (χ0n) is 18.0. The molecule has 32 heavy (non-hydrogen) atoms. The van der Waals surface area contributed by atoms with Gasteiger partial charge < -0.3 is 20.6 Å². The number of carbonyl (C=O) groups excluding carboxylic acids is 2. The first kappa shape index (κ1) is 22.6.